The molecule has 0 aliphatic rings. The quantitative estimate of drug-likeness (QED) is 0.818. The van der Waals surface area contributed by atoms with E-state index in [0.717, 1.165) is 5.56 Å². The zero-order valence-electron chi connectivity index (χ0n) is 9.76. The van der Waals surface area contributed by atoms with Crippen LogP contribution in [0.4, 0.5) is 4.39 Å². The number of Topliss-reactive ketones (excluding diaryl/α,β-unsaturated/α-hetero) is 1. The van der Waals surface area contributed by atoms with Gasteiger partial charge in [-0.05, 0) is 33.5 Å². The fourth-order valence-electron chi connectivity index (χ4n) is 1.41. The first kappa shape index (κ1) is 13.4. The molecule has 0 amide bonds. The van der Waals surface area contributed by atoms with Crippen LogP contribution in [0.15, 0.2) is 22.7 Å². The van der Waals surface area contributed by atoms with Gasteiger partial charge in [0.25, 0.3) is 0 Å². The van der Waals surface area contributed by atoms with Crippen LogP contribution in [0.2, 0.25) is 0 Å². The second-order valence-corrected chi connectivity index (χ2v) is 5.18. The van der Waals surface area contributed by atoms with Crippen LogP contribution >= 0.6 is 15.9 Å². The summed E-state index contributed by atoms with van der Waals surface area (Å²) < 4.78 is 13.6. The zero-order chi connectivity index (χ0) is 12.3. The van der Waals surface area contributed by atoms with E-state index in [9.17, 15) is 9.18 Å². The summed E-state index contributed by atoms with van der Waals surface area (Å²) in [4.78, 5) is 11.9. The van der Waals surface area contributed by atoms with Crippen LogP contribution in [0.5, 0.6) is 0 Å². The van der Waals surface area contributed by atoms with Crippen LogP contribution in [0.25, 0.3) is 0 Å². The Morgan fingerprint density at radius 1 is 1.38 bits per heavy atom. The van der Waals surface area contributed by atoms with Gasteiger partial charge in [0.2, 0.25) is 0 Å². The van der Waals surface area contributed by atoms with Crippen molar-refractivity contribution in [2.45, 2.75) is 27.2 Å². The van der Waals surface area contributed by atoms with Crippen molar-refractivity contribution in [2.75, 3.05) is 0 Å². The summed E-state index contributed by atoms with van der Waals surface area (Å²) in [5, 5.41) is 0. The van der Waals surface area contributed by atoms with Gasteiger partial charge in [0.1, 0.15) is 11.6 Å². The highest BCUT2D eigenvalue weighted by atomic mass is 79.9. The summed E-state index contributed by atoms with van der Waals surface area (Å²) in [6.45, 7) is 5.95. The maximum absolute atomic E-state index is 13.2. The van der Waals surface area contributed by atoms with Crippen molar-refractivity contribution in [1.29, 1.82) is 0 Å². The van der Waals surface area contributed by atoms with Crippen LogP contribution in [0.3, 0.4) is 0 Å². The molecule has 0 saturated heterocycles. The molecule has 0 heterocycles. The number of carbonyl (C=O) groups excluding carboxylic acids is 1. The minimum Gasteiger partial charge on any atom is -0.299 e. The van der Waals surface area contributed by atoms with E-state index in [0.29, 0.717) is 10.4 Å². The second-order valence-electron chi connectivity index (χ2n) is 4.39. The van der Waals surface area contributed by atoms with Gasteiger partial charge in [0.15, 0.2) is 0 Å². The first-order valence-corrected chi connectivity index (χ1v) is 6.18. The summed E-state index contributed by atoms with van der Waals surface area (Å²) in [7, 11) is 0. The maximum Gasteiger partial charge on any atom is 0.140 e. The average Bonchev–Trinajstić information content (AvgIpc) is 2.23. The van der Waals surface area contributed by atoms with E-state index in [1.807, 2.05) is 20.8 Å². The Kier molecular flexibility index (Phi) is 4.66. The number of hydrogen-bond donors (Lipinski definition) is 0. The standard InChI is InChI=1S/C13H16BrFO/c1-8(2)9(3)12(16)7-10-5-4-6-11(15)13(10)14/h4-6,8-9H,7H2,1-3H3. The molecule has 0 aromatic heterocycles. The molecule has 0 spiro atoms. The zero-order valence-corrected chi connectivity index (χ0v) is 11.3. The molecule has 0 saturated carbocycles. The van der Waals surface area contributed by atoms with Gasteiger partial charge < -0.3 is 0 Å². The summed E-state index contributed by atoms with van der Waals surface area (Å²) in [5.41, 5.74) is 0.720. The highest BCUT2D eigenvalue weighted by molar-refractivity contribution is 9.10. The Bertz CT molecular complexity index is 388. The first-order valence-electron chi connectivity index (χ1n) is 5.39. The number of benzene rings is 1. The predicted molar refractivity (Wildman–Crippen MR) is 66.8 cm³/mol. The van der Waals surface area contributed by atoms with Crippen molar-refractivity contribution in [1.82, 2.24) is 0 Å². The smallest absolute Gasteiger partial charge is 0.140 e. The third-order valence-corrected chi connectivity index (χ3v) is 3.79. The molecule has 3 heteroatoms. The Morgan fingerprint density at radius 3 is 2.56 bits per heavy atom. The molecule has 1 rings (SSSR count). The number of hydrogen-bond acceptors (Lipinski definition) is 1. The van der Waals surface area contributed by atoms with E-state index in [2.05, 4.69) is 15.9 Å². The van der Waals surface area contributed by atoms with Gasteiger partial charge in [-0.25, -0.2) is 4.39 Å². The normalized spacial score (nSPS) is 12.9. The van der Waals surface area contributed by atoms with Crippen LogP contribution in [-0.4, -0.2) is 5.78 Å². The number of carbonyl (C=O) groups is 1. The lowest BCUT2D eigenvalue weighted by atomic mass is 9.90. The Hall–Kier alpha value is -0.700. The van der Waals surface area contributed by atoms with Gasteiger partial charge in [-0.3, -0.25) is 4.79 Å². The summed E-state index contributed by atoms with van der Waals surface area (Å²) in [6.07, 6.45) is 0.289. The second kappa shape index (κ2) is 5.58. The third-order valence-electron chi connectivity index (χ3n) is 2.90. The van der Waals surface area contributed by atoms with E-state index < -0.39 is 0 Å². The molecule has 0 fully saturated rings. The largest absolute Gasteiger partial charge is 0.299 e. The lowest BCUT2D eigenvalue weighted by molar-refractivity contribution is -0.122. The van der Waals surface area contributed by atoms with E-state index in [-0.39, 0.29) is 23.9 Å². The highest BCUT2D eigenvalue weighted by Crippen LogP contribution is 2.23. The Labute approximate surface area is 104 Å². The van der Waals surface area contributed by atoms with Crippen LogP contribution < -0.4 is 0 Å². The fraction of sp³-hybridized carbons (Fsp3) is 0.462. The SMILES string of the molecule is CC(C)C(C)C(=O)Cc1cccc(F)c1Br. The van der Waals surface area contributed by atoms with Gasteiger partial charge in [-0.1, -0.05) is 32.9 Å². The first-order chi connectivity index (χ1) is 7.43. The number of rotatable bonds is 4. The average molecular weight is 287 g/mol. The van der Waals surface area contributed by atoms with E-state index in [1.54, 1.807) is 12.1 Å². The van der Waals surface area contributed by atoms with E-state index in [4.69, 9.17) is 0 Å². The summed E-state index contributed by atoms with van der Waals surface area (Å²) in [5.74, 6) is 0.166. The molecule has 0 bridgehead atoms. The monoisotopic (exact) mass is 286 g/mol. The molecule has 88 valence electrons. The maximum atomic E-state index is 13.2. The van der Waals surface area contributed by atoms with Crippen molar-refractivity contribution in [3.05, 3.63) is 34.1 Å². The van der Waals surface area contributed by atoms with Crippen molar-refractivity contribution < 1.29 is 9.18 Å². The van der Waals surface area contributed by atoms with Gasteiger partial charge in [0, 0.05) is 12.3 Å². The molecule has 0 aliphatic heterocycles. The minimum atomic E-state index is -0.317. The predicted octanol–water partition coefficient (Wildman–Crippen LogP) is 3.99. The van der Waals surface area contributed by atoms with Crippen molar-refractivity contribution in [3.63, 3.8) is 0 Å². The van der Waals surface area contributed by atoms with E-state index >= 15 is 0 Å². The molecule has 16 heavy (non-hydrogen) atoms. The molecule has 0 aliphatic carbocycles. The van der Waals surface area contributed by atoms with Gasteiger partial charge in [-0.2, -0.15) is 0 Å². The van der Waals surface area contributed by atoms with Crippen LogP contribution in [0, 0.1) is 17.7 Å². The Morgan fingerprint density at radius 2 is 2.00 bits per heavy atom. The lowest BCUT2D eigenvalue weighted by Crippen LogP contribution is -2.19. The highest BCUT2D eigenvalue weighted by Gasteiger charge is 2.18. The van der Waals surface area contributed by atoms with Crippen molar-refractivity contribution in [3.8, 4) is 0 Å². The molecule has 1 aromatic rings. The van der Waals surface area contributed by atoms with Crippen molar-refractivity contribution >= 4 is 21.7 Å². The third kappa shape index (κ3) is 3.14. The van der Waals surface area contributed by atoms with E-state index in [1.165, 1.54) is 6.07 Å². The number of ketones is 1. The molecule has 0 radical (unpaired) electrons. The number of halogens is 2. The molecular formula is C13H16BrFO. The summed E-state index contributed by atoms with van der Waals surface area (Å²) in [6, 6.07) is 4.78. The fourth-order valence-corrected chi connectivity index (χ4v) is 1.81. The van der Waals surface area contributed by atoms with Gasteiger partial charge >= 0.3 is 0 Å². The topological polar surface area (TPSA) is 17.1 Å². The molecule has 1 aromatic carbocycles. The Balaban J connectivity index is 2.81. The molecular weight excluding hydrogens is 271 g/mol. The van der Waals surface area contributed by atoms with Crippen LogP contribution in [-0.2, 0) is 11.2 Å². The molecule has 1 nitrogen and oxygen atoms in total. The van der Waals surface area contributed by atoms with Gasteiger partial charge in [-0.15, -0.1) is 0 Å². The molecule has 1 atom stereocenters. The molecule has 1 unspecified atom stereocenters. The lowest BCUT2D eigenvalue weighted by Gasteiger charge is -2.14. The van der Waals surface area contributed by atoms with Crippen LogP contribution in [0.1, 0.15) is 26.3 Å². The minimum absolute atomic E-state index is 0.00941. The molecule has 0 N–H and O–H groups in total. The van der Waals surface area contributed by atoms with Crippen molar-refractivity contribution in [2.24, 2.45) is 11.8 Å². The summed E-state index contributed by atoms with van der Waals surface area (Å²) >= 11 is 3.17. The van der Waals surface area contributed by atoms with Gasteiger partial charge in [0.05, 0.1) is 4.47 Å².